The lowest BCUT2D eigenvalue weighted by molar-refractivity contribution is -0.117. The molecule has 0 bridgehead atoms. The normalized spacial score (nSPS) is 16.4. The molecule has 0 radical (unpaired) electrons. The predicted octanol–water partition coefficient (Wildman–Crippen LogP) is 6.72. The molecule has 0 N–H and O–H groups in total. The first-order valence-corrected chi connectivity index (χ1v) is 14.6. The zero-order valence-corrected chi connectivity index (χ0v) is 21.8. The Kier molecular flexibility index (Phi) is 15.7. The van der Waals surface area contributed by atoms with Crippen molar-refractivity contribution in [3.05, 3.63) is 24.0 Å². The van der Waals surface area contributed by atoms with Gasteiger partial charge in [-0.3, -0.25) is 4.79 Å². The number of sulfonamides is 1. The SMILES string of the molecule is CCCCCCCCCCCCCCCCCC(=O)N=C1C=C/C(=N/S(C)(=O)=O)C=C1OC. The van der Waals surface area contributed by atoms with E-state index >= 15 is 0 Å². The molecular formula is C26H44N2O4S. The first-order chi connectivity index (χ1) is 15.9. The molecule has 0 heterocycles. The van der Waals surface area contributed by atoms with Crippen LogP contribution in [0.5, 0.6) is 0 Å². The molecule has 0 spiro atoms. The number of carbonyl (C=O) groups is 1. The fraction of sp³-hybridized carbons (Fsp3) is 0.731. The Morgan fingerprint density at radius 2 is 1.30 bits per heavy atom. The summed E-state index contributed by atoms with van der Waals surface area (Å²) >= 11 is 0. The summed E-state index contributed by atoms with van der Waals surface area (Å²) < 4.78 is 31.4. The Morgan fingerprint density at radius 3 is 1.76 bits per heavy atom. The van der Waals surface area contributed by atoms with Gasteiger partial charge in [0.1, 0.15) is 11.5 Å². The van der Waals surface area contributed by atoms with Crippen molar-refractivity contribution in [2.24, 2.45) is 9.39 Å². The highest BCUT2D eigenvalue weighted by atomic mass is 32.2. The fourth-order valence-corrected chi connectivity index (χ4v) is 4.34. The monoisotopic (exact) mass is 480 g/mol. The molecule has 33 heavy (non-hydrogen) atoms. The van der Waals surface area contributed by atoms with E-state index in [1.807, 2.05) is 0 Å². The Bertz CT molecular complexity index is 795. The summed E-state index contributed by atoms with van der Waals surface area (Å²) in [6.07, 6.45) is 25.3. The average molecular weight is 481 g/mol. The van der Waals surface area contributed by atoms with Crippen LogP contribution in [-0.4, -0.2) is 39.1 Å². The van der Waals surface area contributed by atoms with Crippen LogP contribution in [0, 0.1) is 0 Å². The Morgan fingerprint density at radius 1 is 0.818 bits per heavy atom. The van der Waals surface area contributed by atoms with Gasteiger partial charge in [0.2, 0.25) is 5.91 Å². The van der Waals surface area contributed by atoms with Gasteiger partial charge in [-0.25, -0.2) is 13.4 Å². The zero-order valence-electron chi connectivity index (χ0n) is 21.0. The standard InChI is InChI=1S/C26H44N2O4S/c1-4-5-6-7-8-9-10-11-12-13-14-15-16-17-18-19-26(29)27-24-21-20-23(22-25(24)32-2)28-33(3,30)31/h20-22H,4-19H2,1-3H3/b27-24?,28-23-. The summed E-state index contributed by atoms with van der Waals surface area (Å²) in [7, 11) is -2.04. The molecular weight excluding hydrogens is 436 g/mol. The van der Waals surface area contributed by atoms with E-state index in [0.717, 1.165) is 25.5 Å². The quantitative estimate of drug-likeness (QED) is 0.161. The predicted molar refractivity (Wildman–Crippen MR) is 138 cm³/mol. The van der Waals surface area contributed by atoms with Crippen LogP contribution in [0.1, 0.15) is 110 Å². The number of carbonyl (C=O) groups excluding carboxylic acids is 1. The average Bonchev–Trinajstić information content (AvgIpc) is 2.76. The fourth-order valence-electron chi connectivity index (χ4n) is 3.84. The number of nitrogens with zero attached hydrogens (tertiary/aromatic N) is 2. The van der Waals surface area contributed by atoms with Crippen LogP contribution in [0.25, 0.3) is 0 Å². The molecule has 1 amide bonds. The van der Waals surface area contributed by atoms with Gasteiger partial charge in [0.15, 0.2) is 0 Å². The van der Waals surface area contributed by atoms with Gasteiger partial charge < -0.3 is 4.74 Å². The number of amides is 1. The van der Waals surface area contributed by atoms with Crippen LogP contribution in [-0.2, 0) is 19.6 Å². The van der Waals surface area contributed by atoms with E-state index in [1.165, 1.54) is 96.3 Å². The van der Waals surface area contributed by atoms with Crippen molar-refractivity contribution >= 4 is 27.4 Å². The van der Waals surface area contributed by atoms with Gasteiger partial charge in [-0.2, -0.15) is 4.40 Å². The van der Waals surface area contributed by atoms with Crippen LogP contribution in [0.4, 0.5) is 0 Å². The van der Waals surface area contributed by atoms with Gasteiger partial charge in [-0.05, 0) is 18.6 Å². The Labute approximate surface area is 201 Å². The van der Waals surface area contributed by atoms with Gasteiger partial charge in [0.25, 0.3) is 10.0 Å². The second-order valence-corrected chi connectivity index (χ2v) is 10.5. The molecule has 0 aromatic carbocycles. The zero-order chi connectivity index (χ0) is 24.4. The van der Waals surface area contributed by atoms with E-state index in [9.17, 15) is 13.2 Å². The molecule has 1 rings (SSSR count). The van der Waals surface area contributed by atoms with Crippen molar-refractivity contribution in [1.82, 2.24) is 0 Å². The molecule has 0 aromatic rings. The summed E-state index contributed by atoms with van der Waals surface area (Å²) in [5, 5.41) is 0. The molecule has 0 saturated heterocycles. The van der Waals surface area contributed by atoms with Gasteiger partial charge in [0.05, 0.1) is 19.1 Å². The third-order valence-electron chi connectivity index (χ3n) is 5.67. The summed E-state index contributed by atoms with van der Waals surface area (Å²) in [5.41, 5.74) is 0.652. The molecule has 7 heteroatoms. The van der Waals surface area contributed by atoms with Crippen LogP contribution in [0.2, 0.25) is 0 Å². The van der Waals surface area contributed by atoms with Crippen LogP contribution in [0.15, 0.2) is 33.4 Å². The molecule has 1 aliphatic rings. The van der Waals surface area contributed by atoms with Gasteiger partial charge in [0, 0.05) is 12.5 Å². The minimum Gasteiger partial charge on any atom is -0.494 e. The molecule has 6 nitrogen and oxygen atoms in total. The highest BCUT2D eigenvalue weighted by Crippen LogP contribution is 2.15. The van der Waals surface area contributed by atoms with Crippen molar-refractivity contribution in [2.75, 3.05) is 13.4 Å². The topological polar surface area (TPSA) is 85.2 Å². The lowest BCUT2D eigenvalue weighted by atomic mass is 10.0. The lowest BCUT2D eigenvalue weighted by Crippen LogP contribution is -2.13. The first kappa shape index (κ1) is 29.3. The minimum atomic E-state index is -3.50. The first-order valence-electron chi connectivity index (χ1n) is 12.7. The number of hydrogen-bond acceptors (Lipinski definition) is 4. The summed E-state index contributed by atoms with van der Waals surface area (Å²) in [6.45, 7) is 2.26. The number of methoxy groups -OCH3 is 1. The van der Waals surface area contributed by atoms with E-state index < -0.39 is 10.0 Å². The third kappa shape index (κ3) is 15.7. The van der Waals surface area contributed by atoms with Crippen LogP contribution >= 0.6 is 0 Å². The van der Waals surface area contributed by atoms with Crippen molar-refractivity contribution in [2.45, 2.75) is 110 Å². The second kappa shape index (κ2) is 17.7. The maximum Gasteiger partial charge on any atom is 0.250 e. The molecule has 0 saturated carbocycles. The van der Waals surface area contributed by atoms with Crippen molar-refractivity contribution < 1.29 is 17.9 Å². The third-order valence-corrected chi connectivity index (χ3v) is 6.22. The molecule has 188 valence electrons. The molecule has 0 aliphatic heterocycles. The van der Waals surface area contributed by atoms with E-state index in [-0.39, 0.29) is 11.6 Å². The summed E-state index contributed by atoms with van der Waals surface area (Å²) in [6, 6.07) is 0. The molecule has 0 aromatic heterocycles. The van der Waals surface area contributed by atoms with E-state index in [1.54, 1.807) is 6.08 Å². The van der Waals surface area contributed by atoms with Crippen LogP contribution in [0.3, 0.4) is 0 Å². The number of allylic oxidation sites excluding steroid dienone is 3. The highest BCUT2D eigenvalue weighted by molar-refractivity contribution is 7.89. The van der Waals surface area contributed by atoms with E-state index in [2.05, 4.69) is 16.3 Å². The van der Waals surface area contributed by atoms with Gasteiger partial charge in [-0.1, -0.05) is 96.8 Å². The van der Waals surface area contributed by atoms with Gasteiger partial charge >= 0.3 is 0 Å². The lowest BCUT2D eigenvalue weighted by Gasteiger charge is -2.10. The molecule has 0 atom stereocenters. The maximum atomic E-state index is 12.2. The Hall–Kier alpha value is -1.76. The number of unbranched alkanes of at least 4 members (excludes halogenated alkanes) is 14. The molecule has 0 unspecified atom stereocenters. The van der Waals surface area contributed by atoms with E-state index in [4.69, 9.17) is 4.74 Å². The van der Waals surface area contributed by atoms with E-state index in [0.29, 0.717) is 17.9 Å². The maximum absolute atomic E-state index is 12.2. The summed E-state index contributed by atoms with van der Waals surface area (Å²) in [4.78, 5) is 16.3. The van der Waals surface area contributed by atoms with Crippen molar-refractivity contribution in [3.63, 3.8) is 0 Å². The molecule has 0 fully saturated rings. The van der Waals surface area contributed by atoms with Crippen molar-refractivity contribution in [3.8, 4) is 0 Å². The molecule has 1 aliphatic carbocycles. The van der Waals surface area contributed by atoms with Gasteiger partial charge in [-0.15, -0.1) is 0 Å². The smallest absolute Gasteiger partial charge is 0.250 e. The summed E-state index contributed by atoms with van der Waals surface area (Å²) in [5.74, 6) is 0.153. The highest BCUT2D eigenvalue weighted by Gasteiger charge is 2.14. The number of rotatable bonds is 18. The largest absolute Gasteiger partial charge is 0.494 e. The van der Waals surface area contributed by atoms with Crippen LogP contribution < -0.4 is 0 Å². The second-order valence-electron chi connectivity index (χ2n) is 8.89. The van der Waals surface area contributed by atoms with Crippen molar-refractivity contribution in [1.29, 1.82) is 0 Å². The minimum absolute atomic E-state index is 0.184. The Balaban J connectivity index is 2.11. The number of ether oxygens (including phenoxy) is 1. The number of hydrogen-bond donors (Lipinski definition) is 0. The number of aliphatic imine (C=N–C) groups is 1.